The van der Waals surface area contributed by atoms with Crippen LogP contribution in [0.25, 0.3) is 0 Å². The van der Waals surface area contributed by atoms with Crippen LogP contribution in [0, 0.1) is 20.8 Å². The van der Waals surface area contributed by atoms with Gasteiger partial charge >= 0.3 is 0 Å². The summed E-state index contributed by atoms with van der Waals surface area (Å²) in [5.74, 6) is 1.29. The van der Waals surface area contributed by atoms with Crippen molar-refractivity contribution in [2.75, 3.05) is 18.5 Å². The van der Waals surface area contributed by atoms with E-state index in [1.54, 1.807) is 30.3 Å². The first-order valence-corrected chi connectivity index (χ1v) is 10.3. The maximum absolute atomic E-state index is 12.1. The van der Waals surface area contributed by atoms with Crippen LogP contribution in [-0.2, 0) is 0 Å². The minimum Gasteiger partial charge on any atom is -0.491 e. The minimum absolute atomic E-state index is 0.116. The SMILES string of the molecule is Cc1ccc(C)c(OCC(O)COc2ccc(NC(=O)c3cccs3)cc2)c1C. The first-order chi connectivity index (χ1) is 13.9. The fourth-order valence-corrected chi connectivity index (χ4v) is 3.42. The number of aliphatic hydroxyl groups excluding tert-OH is 1. The Hall–Kier alpha value is -2.83. The molecule has 152 valence electrons. The average molecular weight is 412 g/mol. The topological polar surface area (TPSA) is 67.8 Å². The van der Waals surface area contributed by atoms with E-state index in [9.17, 15) is 9.90 Å². The fourth-order valence-electron chi connectivity index (χ4n) is 2.80. The van der Waals surface area contributed by atoms with E-state index in [-0.39, 0.29) is 19.1 Å². The lowest BCUT2D eigenvalue weighted by molar-refractivity contribution is 0.0621. The molecule has 0 saturated heterocycles. The van der Waals surface area contributed by atoms with Crippen LogP contribution in [0.2, 0.25) is 0 Å². The van der Waals surface area contributed by atoms with Gasteiger partial charge in [-0.15, -0.1) is 11.3 Å². The lowest BCUT2D eigenvalue weighted by Crippen LogP contribution is -2.25. The average Bonchev–Trinajstić information content (AvgIpc) is 3.25. The van der Waals surface area contributed by atoms with Crippen LogP contribution in [0.3, 0.4) is 0 Å². The summed E-state index contributed by atoms with van der Waals surface area (Å²) >= 11 is 1.39. The van der Waals surface area contributed by atoms with Crippen LogP contribution in [0.5, 0.6) is 11.5 Å². The van der Waals surface area contributed by atoms with Gasteiger partial charge < -0.3 is 19.9 Å². The largest absolute Gasteiger partial charge is 0.491 e. The standard InChI is InChI=1S/C23H25NO4S/c1-15-6-7-16(2)22(17(15)3)28-14-19(25)13-27-20-10-8-18(9-11-20)24-23(26)21-5-4-12-29-21/h4-12,19,25H,13-14H2,1-3H3,(H,24,26). The molecule has 6 heteroatoms. The third-order valence-electron chi connectivity index (χ3n) is 4.59. The van der Waals surface area contributed by atoms with Gasteiger partial charge in [0, 0.05) is 5.69 Å². The second-order valence-corrected chi connectivity index (χ2v) is 7.83. The Bertz CT molecular complexity index is 952. The molecular weight excluding hydrogens is 386 g/mol. The highest BCUT2D eigenvalue weighted by Crippen LogP contribution is 2.26. The van der Waals surface area contributed by atoms with Crippen molar-refractivity contribution < 1.29 is 19.4 Å². The number of aryl methyl sites for hydroxylation is 2. The molecule has 1 unspecified atom stereocenters. The number of aliphatic hydroxyl groups is 1. The molecule has 29 heavy (non-hydrogen) atoms. The van der Waals surface area contributed by atoms with Gasteiger partial charge in [-0.2, -0.15) is 0 Å². The van der Waals surface area contributed by atoms with E-state index < -0.39 is 6.10 Å². The molecule has 1 aromatic heterocycles. The fraction of sp³-hybridized carbons (Fsp3) is 0.261. The predicted octanol–water partition coefficient (Wildman–Crippen LogP) is 4.74. The van der Waals surface area contributed by atoms with Gasteiger partial charge in [0.2, 0.25) is 0 Å². The zero-order valence-corrected chi connectivity index (χ0v) is 17.6. The second-order valence-electron chi connectivity index (χ2n) is 6.89. The summed E-state index contributed by atoms with van der Waals surface area (Å²) in [6.07, 6.45) is -0.757. The van der Waals surface area contributed by atoms with Crippen molar-refractivity contribution >= 4 is 22.9 Å². The number of carbonyl (C=O) groups is 1. The maximum atomic E-state index is 12.1. The molecule has 1 heterocycles. The van der Waals surface area contributed by atoms with E-state index in [2.05, 4.69) is 11.4 Å². The van der Waals surface area contributed by atoms with Crippen LogP contribution in [0.4, 0.5) is 5.69 Å². The van der Waals surface area contributed by atoms with E-state index in [0.717, 1.165) is 22.4 Å². The molecule has 0 aliphatic rings. The summed E-state index contributed by atoms with van der Waals surface area (Å²) in [5, 5.41) is 14.9. The molecule has 2 N–H and O–H groups in total. The molecule has 2 aromatic carbocycles. The molecule has 0 aliphatic carbocycles. The molecular formula is C23H25NO4S. The van der Waals surface area contributed by atoms with E-state index in [0.29, 0.717) is 16.3 Å². The van der Waals surface area contributed by atoms with Crippen molar-refractivity contribution in [1.29, 1.82) is 0 Å². The van der Waals surface area contributed by atoms with E-state index in [1.165, 1.54) is 11.3 Å². The van der Waals surface area contributed by atoms with Crippen molar-refractivity contribution in [2.45, 2.75) is 26.9 Å². The van der Waals surface area contributed by atoms with Gasteiger partial charge in [-0.05, 0) is 73.2 Å². The number of anilines is 1. The minimum atomic E-state index is -0.757. The molecule has 0 aliphatic heterocycles. The Morgan fingerprint density at radius 2 is 1.69 bits per heavy atom. The summed E-state index contributed by atoms with van der Waals surface area (Å²) in [5.41, 5.74) is 3.97. The van der Waals surface area contributed by atoms with Crippen molar-refractivity contribution in [3.8, 4) is 11.5 Å². The van der Waals surface area contributed by atoms with Gasteiger partial charge in [-0.3, -0.25) is 4.79 Å². The Morgan fingerprint density at radius 3 is 2.38 bits per heavy atom. The Morgan fingerprint density at radius 1 is 1.00 bits per heavy atom. The highest BCUT2D eigenvalue weighted by atomic mass is 32.1. The van der Waals surface area contributed by atoms with Crippen molar-refractivity contribution in [1.82, 2.24) is 0 Å². The normalized spacial score (nSPS) is 11.7. The van der Waals surface area contributed by atoms with Gasteiger partial charge in [0.1, 0.15) is 30.8 Å². The number of carbonyl (C=O) groups excluding carboxylic acids is 1. The molecule has 0 fully saturated rings. The lowest BCUT2D eigenvalue weighted by atomic mass is 10.1. The van der Waals surface area contributed by atoms with Gasteiger partial charge in [-0.25, -0.2) is 0 Å². The quantitative estimate of drug-likeness (QED) is 0.562. The maximum Gasteiger partial charge on any atom is 0.265 e. The summed E-state index contributed by atoms with van der Waals surface area (Å²) in [6.45, 7) is 6.31. The van der Waals surface area contributed by atoms with Crippen LogP contribution >= 0.6 is 11.3 Å². The van der Waals surface area contributed by atoms with Crippen molar-refractivity contribution in [2.24, 2.45) is 0 Å². The highest BCUT2D eigenvalue weighted by Gasteiger charge is 2.11. The zero-order chi connectivity index (χ0) is 20.8. The molecule has 0 radical (unpaired) electrons. The van der Waals surface area contributed by atoms with E-state index in [4.69, 9.17) is 9.47 Å². The summed E-state index contributed by atoms with van der Waals surface area (Å²) < 4.78 is 11.5. The van der Waals surface area contributed by atoms with Gasteiger partial charge in [0.25, 0.3) is 5.91 Å². The molecule has 1 atom stereocenters. The number of benzene rings is 2. The summed E-state index contributed by atoms with van der Waals surface area (Å²) in [4.78, 5) is 12.7. The van der Waals surface area contributed by atoms with Crippen molar-refractivity contribution in [3.63, 3.8) is 0 Å². The van der Waals surface area contributed by atoms with Crippen LogP contribution in [0.1, 0.15) is 26.4 Å². The smallest absolute Gasteiger partial charge is 0.265 e. The molecule has 0 spiro atoms. The van der Waals surface area contributed by atoms with E-state index in [1.807, 2.05) is 38.3 Å². The Balaban J connectivity index is 1.47. The monoisotopic (exact) mass is 411 g/mol. The molecule has 3 rings (SSSR count). The zero-order valence-electron chi connectivity index (χ0n) is 16.8. The number of hydrogen-bond acceptors (Lipinski definition) is 5. The van der Waals surface area contributed by atoms with Crippen LogP contribution in [-0.4, -0.2) is 30.3 Å². The second kappa shape index (κ2) is 9.58. The summed E-state index contributed by atoms with van der Waals surface area (Å²) in [6, 6.07) is 14.7. The predicted molar refractivity (Wildman–Crippen MR) is 116 cm³/mol. The molecule has 0 saturated carbocycles. The Kier molecular flexibility index (Phi) is 6.90. The third kappa shape index (κ3) is 5.59. The highest BCUT2D eigenvalue weighted by molar-refractivity contribution is 7.12. The number of nitrogens with one attached hydrogen (secondary N) is 1. The molecule has 5 nitrogen and oxygen atoms in total. The number of amides is 1. The van der Waals surface area contributed by atoms with Crippen molar-refractivity contribution in [3.05, 3.63) is 75.5 Å². The number of thiophene rings is 1. The first-order valence-electron chi connectivity index (χ1n) is 9.39. The Labute approximate surface area is 174 Å². The number of hydrogen-bond donors (Lipinski definition) is 2. The van der Waals surface area contributed by atoms with Crippen LogP contribution in [0.15, 0.2) is 53.9 Å². The molecule has 0 bridgehead atoms. The first kappa shape index (κ1) is 20.9. The van der Waals surface area contributed by atoms with E-state index >= 15 is 0 Å². The molecule has 3 aromatic rings. The summed E-state index contributed by atoms with van der Waals surface area (Å²) in [7, 11) is 0. The van der Waals surface area contributed by atoms with Gasteiger partial charge in [0.15, 0.2) is 0 Å². The number of ether oxygens (including phenoxy) is 2. The van der Waals surface area contributed by atoms with Crippen LogP contribution < -0.4 is 14.8 Å². The van der Waals surface area contributed by atoms with Gasteiger partial charge in [0.05, 0.1) is 4.88 Å². The number of rotatable bonds is 8. The lowest BCUT2D eigenvalue weighted by Gasteiger charge is -2.17. The molecule has 1 amide bonds. The third-order valence-corrected chi connectivity index (χ3v) is 5.46. The van der Waals surface area contributed by atoms with Gasteiger partial charge in [-0.1, -0.05) is 18.2 Å².